The molecule has 5 nitrogen and oxygen atoms in total. The van der Waals surface area contributed by atoms with Gasteiger partial charge < -0.3 is 5.32 Å². The van der Waals surface area contributed by atoms with E-state index in [4.69, 9.17) is 4.84 Å². The molecule has 1 aliphatic rings. The van der Waals surface area contributed by atoms with E-state index in [-0.39, 0.29) is 15.7 Å². The van der Waals surface area contributed by atoms with Gasteiger partial charge >= 0.3 is 0 Å². The number of nitrogens with one attached hydrogen (secondary N) is 2. The average Bonchev–Trinajstić information content (AvgIpc) is 3.41. The number of hydroxylamine groups is 1. The molecule has 1 saturated carbocycles. The maximum absolute atomic E-state index is 14.4. The number of hydrogen-bond acceptors (Lipinski definition) is 4. The first-order valence-electron chi connectivity index (χ1n) is 7.75. The molecule has 0 bridgehead atoms. The largest absolute Gasteiger partial charge is 0.351 e. The molecular weight excluding hydrogens is 396 g/mol. The van der Waals surface area contributed by atoms with Gasteiger partial charge in [-0.2, -0.15) is 0 Å². The van der Waals surface area contributed by atoms with Gasteiger partial charge in [-0.05, 0) is 59.8 Å². The molecule has 1 fully saturated rings. The third kappa shape index (κ3) is 4.32. The van der Waals surface area contributed by atoms with E-state index in [0.717, 1.165) is 18.5 Å². The van der Waals surface area contributed by atoms with Crippen molar-refractivity contribution >= 4 is 33.2 Å². The lowest BCUT2D eigenvalue weighted by molar-refractivity contribution is 0.0270. The molecule has 25 heavy (non-hydrogen) atoms. The molecule has 1 amide bonds. The van der Waals surface area contributed by atoms with E-state index >= 15 is 0 Å². The molecule has 1 aliphatic carbocycles. The zero-order valence-electron chi connectivity index (χ0n) is 13.4. The Morgan fingerprint density at radius 1 is 1.36 bits per heavy atom. The molecule has 0 atom stereocenters. The van der Waals surface area contributed by atoms with Crippen molar-refractivity contribution in [3.63, 3.8) is 0 Å². The highest BCUT2D eigenvalue weighted by Crippen LogP contribution is 2.31. The summed E-state index contributed by atoms with van der Waals surface area (Å²) in [6, 6.07) is 4.58. The molecule has 1 heterocycles. The van der Waals surface area contributed by atoms with Gasteiger partial charge in [0.1, 0.15) is 0 Å². The molecule has 132 valence electrons. The highest BCUT2D eigenvalue weighted by molar-refractivity contribution is 9.10. The lowest BCUT2D eigenvalue weighted by Crippen LogP contribution is -2.26. The number of nitrogens with zero attached hydrogens (tertiary/aromatic N) is 1. The first-order valence-corrected chi connectivity index (χ1v) is 8.54. The summed E-state index contributed by atoms with van der Waals surface area (Å²) < 4.78 is 28.2. The van der Waals surface area contributed by atoms with Crippen LogP contribution in [-0.2, 0) is 4.84 Å². The molecule has 0 radical (unpaired) electrons. The lowest BCUT2D eigenvalue weighted by Gasteiger charge is -2.14. The zero-order chi connectivity index (χ0) is 18.0. The molecular formula is C17H16BrF2N3O2. The average molecular weight is 412 g/mol. The number of carbonyl (C=O) groups is 1. The molecule has 1 aromatic heterocycles. The van der Waals surface area contributed by atoms with Crippen molar-refractivity contribution in [2.75, 3.05) is 11.9 Å². The molecule has 2 aromatic rings. The van der Waals surface area contributed by atoms with Crippen LogP contribution in [0.3, 0.4) is 0 Å². The number of hydrogen-bond donors (Lipinski definition) is 2. The lowest BCUT2D eigenvalue weighted by atomic mass is 10.1. The maximum Gasteiger partial charge on any atom is 0.277 e. The van der Waals surface area contributed by atoms with Crippen LogP contribution in [0.1, 0.15) is 28.9 Å². The summed E-state index contributed by atoms with van der Waals surface area (Å²) >= 11 is 2.92. The van der Waals surface area contributed by atoms with E-state index < -0.39 is 17.5 Å². The van der Waals surface area contributed by atoms with E-state index in [1.807, 2.05) is 0 Å². The molecule has 0 unspecified atom stereocenters. The highest BCUT2D eigenvalue weighted by Gasteiger charge is 2.24. The van der Waals surface area contributed by atoms with Gasteiger partial charge in [0, 0.05) is 5.69 Å². The first-order chi connectivity index (χ1) is 12.0. The molecule has 1 aromatic carbocycles. The number of carbonyl (C=O) groups excluding carboxylic acids is 1. The minimum Gasteiger partial charge on any atom is -0.351 e. The van der Waals surface area contributed by atoms with Crippen molar-refractivity contribution in [1.29, 1.82) is 0 Å². The molecule has 2 N–H and O–H groups in total. The van der Waals surface area contributed by atoms with Crippen LogP contribution in [0.5, 0.6) is 0 Å². The fraction of sp³-hybridized carbons (Fsp3) is 0.294. The van der Waals surface area contributed by atoms with E-state index in [2.05, 4.69) is 31.7 Å². The molecule has 3 rings (SSSR count). The van der Waals surface area contributed by atoms with Gasteiger partial charge in [-0.3, -0.25) is 14.6 Å². The van der Waals surface area contributed by atoms with Gasteiger partial charge in [0.25, 0.3) is 5.91 Å². The highest BCUT2D eigenvalue weighted by atomic mass is 79.9. The number of aromatic nitrogens is 1. The van der Waals surface area contributed by atoms with Crippen molar-refractivity contribution in [2.24, 2.45) is 5.92 Å². The SMILES string of the molecule is Cc1ccc(Nc2c(C(=O)NOCC3CC3)cc(Br)c(F)c2F)cn1. The summed E-state index contributed by atoms with van der Waals surface area (Å²) in [5.41, 5.74) is 3.12. The van der Waals surface area contributed by atoms with Gasteiger partial charge in [0.15, 0.2) is 11.6 Å². The fourth-order valence-electron chi connectivity index (χ4n) is 2.15. The van der Waals surface area contributed by atoms with Gasteiger partial charge in [0.2, 0.25) is 0 Å². The van der Waals surface area contributed by atoms with Crippen molar-refractivity contribution in [2.45, 2.75) is 19.8 Å². The summed E-state index contributed by atoms with van der Waals surface area (Å²) in [7, 11) is 0. The number of anilines is 2. The van der Waals surface area contributed by atoms with Crippen LogP contribution in [0.2, 0.25) is 0 Å². The van der Waals surface area contributed by atoms with Crippen LogP contribution in [0.4, 0.5) is 20.2 Å². The normalized spacial score (nSPS) is 13.6. The smallest absolute Gasteiger partial charge is 0.277 e. The van der Waals surface area contributed by atoms with Crippen LogP contribution >= 0.6 is 15.9 Å². The molecule has 0 spiro atoms. The Morgan fingerprint density at radius 2 is 2.12 bits per heavy atom. The van der Waals surface area contributed by atoms with Gasteiger partial charge in [-0.1, -0.05) is 0 Å². The predicted octanol–water partition coefficient (Wildman–Crippen LogP) is 4.25. The van der Waals surface area contributed by atoms with E-state index in [1.165, 1.54) is 12.3 Å². The Balaban J connectivity index is 1.86. The van der Waals surface area contributed by atoms with Crippen LogP contribution < -0.4 is 10.8 Å². The van der Waals surface area contributed by atoms with E-state index in [0.29, 0.717) is 18.2 Å². The topological polar surface area (TPSA) is 63.2 Å². The zero-order valence-corrected chi connectivity index (χ0v) is 15.0. The van der Waals surface area contributed by atoms with Crippen molar-refractivity contribution in [3.8, 4) is 0 Å². The monoisotopic (exact) mass is 411 g/mol. The third-order valence-corrected chi connectivity index (χ3v) is 4.35. The minimum absolute atomic E-state index is 0.0813. The van der Waals surface area contributed by atoms with Gasteiger partial charge in [-0.25, -0.2) is 14.3 Å². The second-order valence-corrected chi connectivity index (χ2v) is 6.76. The number of rotatable bonds is 6. The summed E-state index contributed by atoms with van der Waals surface area (Å²) in [4.78, 5) is 21.5. The first kappa shape index (κ1) is 17.8. The quantitative estimate of drug-likeness (QED) is 0.550. The van der Waals surface area contributed by atoms with Gasteiger partial charge in [-0.15, -0.1) is 0 Å². The predicted molar refractivity (Wildman–Crippen MR) is 92.5 cm³/mol. The second kappa shape index (κ2) is 7.45. The molecule has 0 aliphatic heterocycles. The number of pyridine rings is 1. The van der Waals surface area contributed by atoms with Crippen LogP contribution in [0.25, 0.3) is 0 Å². The number of benzene rings is 1. The Hall–Kier alpha value is -2.06. The van der Waals surface area contributed by atoms with Crippen LogP contribution in [0, 0.1) is 24.5 Å². The van der Waals surface area contributed by atoms with E-state index in [1.54, 1.807) is 19.1 Å². The molecule has 8 heteroatoms. The number of amides is 1. The summed E-state index contributed by atoms with van der Waals surface area (Å²) in [5.74, 6) is -2.46. The van der Waals surface area contributed by atoms with E-state index in [9.17, 15) is 13.6 Å². The number of aryl methyl sites for hydroxylation is 1. The van der Waals surface area contributed by atoms with Crippen molar-refractivity contribution in [1.82, 2.24) is 10.5 Å². The van der Waals surface area contributed by atoms with Crippen molar-refractivity contribution in [3.05, 3.63) is 51.8 Å². The Bertz CT molecular complexity index is 795. The fourth-order valence-corrected chi connectivity index (χ4v) is 2.55. The second-order valence-electron chi connectivity index (χ2n) is 5.91. The Labute approximate surface area is 151 Å². The summed E-state index contributed by atoms with van der Waals surface area (Å²) in [6.07, 6.45) is 3.61. The van der Waals surface area contributed by atoms with Crippen LogP contribution in [0.15, 0.2) is 28.9 Å². The van der Waals surface area contributed by atoms with Crippen LogP contribution in [-0.4, -0.2) is 17.5 Å². The number of halogens is 3. The summed E-state index contributed by atoms with van der Waals surface area (Å²) in [5, 5.41) is 2.71. The van der Waals surface area contributed by atoms with Crippen molar-refractivity contribution < 1.29 is 18.4 Å². The van der Waals surface area contributed by atoms with Gasteiger partial charge in [0.05, 0.1) is 34.2 Å². The Morgan fingerprint density at radius 3 is 2.76 bits per heavy atom. The Kier molecular flexibility index (Phi) is 5.29. The maximum atomic E-state index is 14.4. The molecule has 0 saturated heterocycles. The minimum atomic E-state index is -1.16. The summed E-state index contributed by atoms with van der Waals surface area (Å²) in [6.45, 7) is 2.21. The third-order valence-electron chi connectivity index (χ3n) is 3.77. The standard InChI is InChI=1S/C17H16BrF2N3O2/c1-9-2-5-11(7-21-9)22-16-12(6-13(18)14(19)15(16)20)17(24)23-25-8-10-3-4-10/h2,5-7,10,22H,3-4,8H2,1H3,(H,23,24).